The molecule has 2 unspecified atom stereocenters. The molecule has 0 saturated carbocycles. The molecule has 0 radical (unpaired) electrons. The monoisotopic (exact) mass is 316 g/mol. The summed E-state index contributed by atoms with van der Waals surface area (Å²) in [5.74, 6) is 0.476. The Morgan fingerprint density at radius 2 is 1.81 bits per heavy atom. The molecule has 120 valence electrons. The van der Waals surface area contributed by atoms with E-state index >= 15 is 0 Å². The molecular formula is C15H24O5S. The van der Waals surface area contributed by atoms with E-state index in [1.165, 1.54) is 0 Å². The number of ether oxygens (including phenoxy) is 5. The number of fused-ring (bicyclic) bond motifs is 3. The fraction of sp³-hybridized carbons (Fsp3) is 0.867. The summed E-state index contributed by atoms with van der Waals surface area (Å²) >= 11 is 1.74. The number of thioether (sulfide) groups is 1. The molecular weight excluding hydrogens is 292 g/mol. The fourth-order valence-electron chi connectivity index (χ4n) is 3.02. The van der Waals surface area contributed by atoms with Gasteiger partial charge in [0.1, 0.15) is 24.1 Å². The summed E-state index contributed by atoms with van der Waals surface area (Å²) in [4.78, 5) is 0. The summed E-state index contributed by atoms with van der Waals surface area (Å²) in [6.07, 6.45) is 3.45. The van der Waals surface area contributed by atoms with Gasteiger partial charge in [0.25, 0.3) is 0 Å². The van der Waals surface area contributed by atoms with Crippen molar-refractivity contribution in [3.8, 4) is 0 Å². The van der Waals surface area contributed by atoms with E-state index in [0.29, 0.717) is 6.61 Å². The first kappa shape index (κ1) is 15.6. The zero-order valence-electron chi connectivity index (χ0n) is 13.3. The Hall–Kier alpha value is -0.270. The molecule has 0 aromatic heterocycles. The van der Waals surface area contributed by atoms with Crippen molar-refractivity contribution in [3.63, 3.8) is 0 Å². The highest BCUT2D eigenvalue weighted by Gasteiger charge is 2.57. The van der Waals surface area contributed by atoms with E-state index in [4.69, 9.17) is 23.7 Å². The van der Waals surface area contributed by atoms with Gasteiger partial charge in [-0.3, -0.25) is 0 Å². The number of hydrogen-bond donors (Lipinski definition) is 0. The van der Waals surface area contributed by atoms with Crippen LogP contribution in [0.5, 0.6) is 0 Å². The van der Waals surface area contributed by atoms with E-state index in [1.54, 1.807) is 11.8 Å². The third-order valence-electron chi connectivity index (χ3n) is 3.85. The molecule has 0 aliphatic carbocycles. The molecule has 0 bridgehead atoms. The topological polar surface area (TPSA) is 46.2 Å². The number of hydrogen-bond acceptors (Lipinski definition) is 6. The lowest BCUT2D eigenvalue weighted by atomic mass is 9.96. The van der Waals surface area contributed by atoms with Gasteiger partial charge in [-0.25, -0.2) is 0 Å². The van der Waals surface area contributed by atoms with E-state index < -0.39 is 11.6 Å². The Morgan fingerprint density at radius 3 is 2.52 bits per heavy atom. The van der Waals surface area contributed by atoms with Crippen LogP contribution < -0.4 is 0 Å². The third kappa shape index (κ3) is 3.10. The van der Waals surface area contributed by atoms with Crippen molar-refractivity contribution in [2.75, 3.05) is 18.6 Å². The molecule has 3 saturated heterocycles. The summed E-state index contributed by atoms with van der Waals surface area (Å²) in [5, 5.41) is 0. The molecule has 0 aromatic rings. The molecule has 21 heavy (non-hydrogen) atoms. The average Bonchev–Trinajstić information content (AvgIpc) is 2.71. The van der Waals surface area contributed by atoms with Gasteiger partial charge < -0.3 is 23.7 Å². The smallest absolute Gasteiger partial charge is 0.164 e. The van der Waals surface area contributed by atoms with Gasteiger partial charge in [-0.1, -0.05) is 0 Å². The van der Waals surface area contributed by atoms with Crippen LogP contribution in [-0.4, -0.2) is 54.6 Å². The fourth-order valence-corrected chi connectivity index (χ4v) is 3.35. The van der Waals surface area contributed by atoms with Crippen molar-refractivity contribution in [2.24, 2.45) is 0 Å². The Morgan fingerprint density at radius 1 is 1.10 bits per heavy atom. The van der Waals surface area contributed by atoms with Crippen molar-refractivity contribution >= 4 is 11.8 Å². The Kier molecular flexibility index (Phi) is 4.03. The van der Waals surface area contributed by atoms with Crippen LogP contribution >= 0.6 is 11.8 Å². The molecule has 3 aliphatic heterocycles. The molecule has 4 atom stereocenters. The molecule has 3 aliphatic rings. The predicted molar refractivity (Wildman–Crippen MR) is 80.1 cm³/mol. The second-order valence-electron chi connectivity index (χ2n) is 6.53. The molecule has 0 aromatic carbocycles. The van der Waals surface area contributed by atoms with E-state index in [1.807, 2.05) is 27.7 Å². The summed E-state index contributed by atoms with van der Waals surface area (Å²) < 4.78 is 30.0. The Labute approximate surface area is 130 Å². The quantitative estimate of drug-likeness (QED) is 0.779. The maximum Gasteiger partial charge on any atom is 0.164 e. The third-order valence-corrected chi connectivity index (χ3v) is 4.35. The van der Waals surface area contributed by atoms with Crippen molar-refractivity contribution in [1.29, 1.82) is 0 Å². The van der Waals surface area contributed by atoms with Crippen LogP contribution in [0.3, 0.4) is 0 Å². The first-order valence-electron chi connectivity index (χ1n) is 7.34. The molecule has 3 heterocycles. The maximum atomic E-state index is 6.10. The van der Waals surface area contributed by atoms with Gasteiger partial charge in [-0.2, -0.15) is 11.8 Å². The SMILES string of the molecule is CSCC=C1OC2COC(C)(C)O[C@H]2[C@@H]2OC(C)(C)OC12. The van der Waals surface area contributed by atoms with Crippen molar-refractivity contribution in [3.05, 3.63) is 11.8 Å². The lowest BCUT2D eigenvalue weighted by molar-refractivity contribution is -0.332. The van der Waals surface area contributed by atoms with Crippen molar-refractivity contribution < 1.29 is 23.7 Å². The van der Waals surface area contributed by atoms with Crippen LogP contribution in [0.1, 0.15) is 27.7 Å². The van der Waals surface area contributed by atoms with E-state index in [2.05, 4.69) is 12.3 Å². The molecule has 0 amide bonds. The maximum absolute atomic E-state index is 6.10. The summed E-state index contributed by atoms with van der Waals surface area (Å²) in [7, 11) is 0. The normalized spacial score (nSPS) is 42.2. The van der Waals surface area contributed by atoms with Crippen LogP contribution in [0, 0.1) is 0 Å². The second-order valence-corrected chi connectivity index (χ2v) is 7.44. The van der Waals surface area contributed by atoms with Crippen LogP contribution in [-0.2, 0) is 23.7 Å². The molecule has 3 rings (SSSR count). The van der Waals surface area contributed by atoms with Gasteiger partial charge >= 0.3 is 0 Å². The largest absolute Gasteiger partial charge is 0.487 e. The van der Waals surface area contributed by atoms with Crippen molar-refractivity contribution in [1.82, 2.24) is 0 Å². The highest BCUT2D eigenvalue weighted by molar-refractivity contribution is 7.98. The minimum Gasteiger partial charge on any atom is -0.487 e. The second kappa shape index (κ2) is 5.42. The van der Waals surface area contributed by atoms with Crippen LogP contribution in [0.2, 0.25) is 0 Å². The summed E-state index contributed by atoms with van der Waals surface area (Å²) in [6, 6.07) is 0. The first-order valence-corrected chi connectivity index (χ1v) is 8.74. The van der Waals surface area contributed by atoms with Crippen LogP contribution in [0.25, 0.3) is 0 Å². The van der Waals surface area contributed by atoms with Gasteiger partial charge in [0.05, 0.1) is 6.61 Å². The van der Waals surface area contributed by atoms with Gasteiger partial charge in [0, 0.05) is 5.75 Å². The van der Waals surface area contributed by atoms with Crippen LogP contribution in [0.4, 0.5) is 0 Å². The lowest BCUT2D eigenvalue weighted by Gasteiger charge is -2.46. The van der Waals surface area contributed by atoms with Crippen LogP contribution in [0.15, 0.2) is 11.8 Å². The van der Waals surface area contributed by atoms with Gasteiger partial charge in [-0.15, -0.1) is 0 Å². The molecule has 0 spiro atoms. The van der Waals surface area contributed by atoms with Crippen molar-refractivity contribution in [2.45, 2.75) is 63.7 Å². The van der Waals surface area contributed by atoms with E-state index in [0.717, 1.165) is 11.5 Å². The Bertz CT molecular complexity index is 434. The average molecular weight is 316 g/mol. The summed E-state index contributed by atoms with van der Waals surface area (Å²) in [6.45, 7) is 8.19. The van der Waals surface area contributed by atoms with Gasteiger partial charge in [0.15, 0.2) is 17.7 Å². The number of rotatable bonds is 2. The summed E-state index contributed by atoms with van der Waals surface area (Å²) in [5.41, 5.74) is 0. The predicted octanol–water partition coefficient (Wildman–Crippen LogP) is 2.30. The zero-order chi connectivity index (χ0) is 15.3. The molecule has 5 nitrogen and oxygen atoms in total. The molecule has 6 heteroatoms. The Balaban J connectivity index is 1.86. The first-order chi connectivity index (χ1) is 9.81. The molecule has 0 N–H and O–H groups in total. The lowest BCUT2D eigenvalue weighted by Crippen LogP contribution is -2.60. The minimum atomic E-state index is -0.627. The van der Waals surface area contributed by atoms with E-state index in [9.17, 15) is 0 Å². The standard InChI is InChI=1S/C15H24O5S/c1-14(2)16-8-10-12(18-14)13-11(19-15(3,4)20-13)9(17-10)6-7-21-5/h6,10-13H,7-8H2,1-5H3/t10?,11?,12-,13-/m1/s1. The highest BCUT2D eigenvalue weighted by Crippen LogP contribution is 2.43. The van der Waals surface area contributed by atoms with E-state index in [-0.39, 0.29) is 24.4 Å². The van der Waals surface area contributed by atoms with Gasteiger partial charge in [-0.05, 0) is 40.0 Å². The zero-order valence-corrected chi connectivity index (χ0v) is 14.1. The minimum absolute atomic E-state index is 0.148. The van der Waals surface area contributed by atoms with Gasteiger partial charge in [0.2, 0.25) is 0 Å². The highest BCUT2D eigenvalue weighted by atomic mass is 32.2. The molecule has 3 fully saturated rings.